The van der Waals surface area contributed by atoms with E-state index in [4.69, 9.17) is 9.97 Å². The summed E-state index contributed by atoms with van der Waals surface area (Å²) in [5.41, 5.74) is 1.74. The van der Waals surface area contributed by atoms with Gasteiger partial charge in [0.15, 0.2) is 0 Å². The summed E-state index contributed by atoms with van der Waals surface area (Å²) in [5.74, 6) is 1.79. The van der Waals surface area contributed by atoms with Gasteiger partial charge in [0, 0.05) is 55.2 Å². The number of aromatic nitrogens is 2. The maximum absolute atomic E-state index is 13.1. The standard InChI is InChI=1S/C26H31N5O3S/c1-2-3-12-22-27-24(23-20-10-5-4-6-11-21(20)35-25(23)28-22)29-13-15-30(16-14-29)26(32)18-8-7-9-19(17-18)31(33)34/h7-9,17H,2-6,10-16H2,1H3. The minimum Gasteiger partial charge on any atom is -0.352 e. The highest BCUT2D eigenvalue weighted by atomic mass is 32.1. The summed E-state index contributed by atoms with van der Waals surface area (Å²) in [6.07, 6.45) is 9.00. The number of carbonyl (C=O) groups is 1. The van der Waals surface area contributed by atoms with Crippen LogP contribution in [0.1, 0.15) is 65.7 Å². The van der Waals surface area contributed by atoms with Gasteiger partial charge in [0.05, 0.1) is 10.3 Å². The van der Waals surface area contributed by atoms with Crippen LogP contribution < -0.4 is 4.90 Å². The Balaban J connectivity index is 1.41. The second-order valence-electron chi connectivity index (χ2n) is 9.40. The predicted molar refractivity (Wildman–Crippen MR) is 138 cm³/mol. The van der Waals surface area contributed by atoms with Gasteiger partial charge >= 0.3 is 0 Å². The molecule has 0 bridgehead atoms. The van der Waals surface area contributed by atoms with Gasteiger partial charge in [-0.3, -0.25) is 14.9 Å². The number of aryl methyl sites for hydroxylation is 3. The fourth-order valence-corrected chi connectivity index (χ4v) is 6.36. The predicted octanol–water partition coefficient (Wildman–Crippen LogP) is 5.17. The van der Waals surface area contributed by atoms with Crippen molar-refractivity contribution in [3.8, 4) is 0 Å². The van der Waals surface area contributed by atoms with Crippen molar-refractivity contribution in [2.75, 3.05) is 31.1 Å². The molecule has 0 saturated carbocycles. The first kappa shape index (κ1) is 23.7. The fourth-order valence-electron chi connectivity index (χ4n) is 5.09. The van der Waals surface area contributed by atoms with Gasteiger partial charge in [-0.1, -0.05) is 25.8 Å². The fraction of sp³-hybridized carbons (Fsp3) is 0.500. The third kappa shape index (κ3) is 4.87. The molecule has 1 fully saturated rings. The number of hydrogen-bond acceptors (Lipinski definition) is 7. The van der Waals surface area contributed by atoms with Crippen LogP contribution in [0, 0.1) is 10.1 Å². The molecule has 8 nitrogen and oxygen atoms in total. The van der Waals surface area contributed by atoms with E-state index in [-0.39, 0.29) is 11.6 Å². The molecule has 2 aromatic heterocycles. The molecule has 0 radical (unpaired) electrons. The summed E-state index contributed by atoms with van der Waals surface area (Å²) in [6, 6.07) is 5.99. The smallest absolute Gasteiger partial charge is 0.270 e. The molecule has 0 spiro atoms. The number of nitro groups is 1. The molecule has 3 aromatic rings. The highest BCUT2D eigenvalue weighted by Gasteiger charge is 2.28. The summed E-state index contributed by atoms with van der Waals surface area (Å²) in [7, 11) is 0. The van der Waals surface area contributed by atoms with E-state index in [9.17, 15) is 14.9 Å². The Bertz CT molecular complexity index is 1250. The van der Waals surface area contributed by atoms with Gasteiger partial charge in [0.2, 0.25) is 0 Å². The van der Waals surface area contributed by atoms with Crippen LogP contribution in [0.3, 0.4) is 0 Å². The Kier molecular flexibility index (Phi) is 6.95. The number of rotatable bonds is 6. The SMILES string of the molecule is CCCCc1nc(N2CCN(C(=O)c3cccc([N+](=O)[O-])c3)CC2)c2c3c(sc2n1)CCCCC3. The van der Waals surface area contributed by atoms with Crippen molar-refractivity contribution in [1.29, 1.82) is 0 Å². The van der Waals surface area contributed by atoms with E-state index in [0.29, 0.717) is 31.7 Å². The number of hydrogen-bond donors (Lipinski definition) is 0. The number of amides is 1. The number of anilines is 1. The number of thiophene rings is 1. The minimum absolute atomic E-state index is 0.0596. The van der Waals surface area contributed by atoms with Crippen LogP contribution >= 0.6 is 11.3 Å². The number of carbonyl (C=O) groups excluding carboxylic acids is 1. The summed E-state index contributed by atoms with van der Waals surface area (Å²) in [4.78, 5) is 40.4. The molecule has 1 aliphatic carbocycles. The number of piperazine rings is 1. The zero-order valence-corrected chi connectivity index (χ0v) is 21.0. The lowest BCUT2D eigenvalue weighted by Gasteiger charge is -2.36. The van der Waals surface area contributed by atoms with E-state index in [1.165, 1.54) is 47.2 Å². The number of benzene rings is 1. The highest BCUT2D eigenvalue weighted by Crippen LogP contribution is 2.39. The van der Waals surface area contributed by atoms with Gasteiger partial charge in [0.1, 0.15) is 16.5 Å². The number of nitro benzene ring substituents is 1. The zero-order chi connectivity index (χ0) is 24.4. The zero-order valence-electron chi connectivity index (χ0n) is 20.2. The molecule has 2 aliphatic rings. The monoisotopic (exact) mass is 493 g/mol. The molecule has 1 aromatic carbocycles. The van der Waals surface area contributed by atoms with Crippen molar-refractivity contribution in [2.24, 2.45) is 0 Å². The number of fused-ring (bicyclic) bond motifs is 3. The topological polar surface area (TPSA) is 92.5 Å². The number of nitrogens with zero attached hydrogens (tertiary/aromatic N) is 5. The van der Waals surface area contributed by atoms with Crippen LogP contribution in [0.4, 0.5) is 11.5 Å². The van der Waals surface area contributed by atoms with Crippen LogP contribution in [-0.4, -0.2) is 51.9 Å². The Morgan fingerprint density at radius 3 is 2.69 bits per heavy atom. The van der Waals surface area contributed by atoms with E-state index in [1.54, 1.807) is 17.0 Å². The van der Waals surface area contributed by atoms with Crippen LogP contribution in [0.15, 0.2) is 24.3 Å². The second-order valence-corrected chi connectivity index (χ2v) is 10.5. The van der Waals surface area contributed by atoms with Crippen molar-refractivity contribution in [3.05, 3.63) is 56.2 Å². The largest absolute Gasteiger partial charge is 0.352 e. The third-order valence-electron chi connectivity index (χ3n) is 7.02. The van der Waals surface area contributed by atoms with E-state index >= 15 is 0 Å². The van der Waals surface area contributed by atoms with Gasteiger partial charge in [-0.15, -0.1) is 11.3 Å². The average molecular weight is 494 g/mol. The highest BCUT2D eigenvalue weighted by molar-refractivity contribution is 7.19. The van der Waals surface area contributed by atoms with Crippen molar-refractivity contribution >= 4 is 39.0 Å². The lowest BCUT2D eigenvalue weighted by atomic mass is 10.1. The second kappa shape index (κ2) is 10.3. The van der Waals surface area contributed by atoms with E-state index in [0.717, 1.165) is 48.6 Å². The van der Waals surface area contributed by atoms with E-state index in [1.807, 2.05) is 11.3 Å². The third-order valence-corrected chi connectivity index (χ3v) is 8.20. The Morgan fingerprint density at radius 1 is 1.11 bits per heavy atom. The van der Waals surface area contributed by atoms with E-state index in [2.05, 4.69) is 11.8 Å². The maximum atomic E-state index is 13.1. The first-order valence-corrected chi connectivity index (χ1v) is 13.5. The van der Waals surface area contributed by atoms with Crippen LogP contribution in [0.5, 0.6) is 0 Å². The molecule has 0 atom stereocenters. The Hall–Kier alpha value is -3.07. The van der Waals surface area contributed by atoms with Gasteiger partial charge in [0.25, 0.3) is 11.6 Å². The van der Waals surface area contributed by atoms with Gasteiger partial charge in [-0.25, -0.2) is 9.97 Å². The summed E-state index contributed by atoms with van der Waals surface area (Å²) in [6.45, 7) is 4.67. The summed E-state index contributed by atoms with van der Waals surface area (Å²) in [5, 5.41) is 12.3. The quantitative estimate of drug-likeness (QED) is 0.267. The average Bonchev–Trinajstić information content (AvgIpc) is 3.07. The van der Waals surface area contributed by atoms with Crippen molar-refractivity contribution < 1.29 is 9.72 Å². The molecule has 35 heavy (non-hydrogen) atoms. The number of unbranched alkanes of at least 4 members (excludes halogenated alkanes) is 1. The lowest BCUT2D eigenvalue weighted by molar-refractivity contribution is -0.384. The number of non-ortho nitro benzene ring substituents is 1. The molecule has 1 amide bonds. The first-order chi connectivity index (χ1) is 17.0. The summed E-state index contributed by atoms with van der Waals surface area (Å²) < 4.78 is 0. The molecule has 1 aliphatic heterocycles. The Morgan fingerprint density at radius 2 is 1.91 bits per heavy atom. The summed E-state index contributed by atoms with van der Waals surface area (Å²) >= 11 is 1.85. The Labute approximate surface area is 209 Å². The first-order valence-electron chi connectivity index (χ1n) is 12.6. The minimum atomic E-state index is -0.463. The molecule has 0 unspecified atom stereocenters. The van der Waals surface area contributed by atoms with Gasteiger partial charge in [-0.2, -0.15) is 0 Å². The van der Waals surface area contributed by atoms with E-state index < -0.39 is 4.92 Å². The van der Waals surface area contributed by atoms with Crippen molar-refractivity contribution in [2.45, 2.75) is 58.3 Å². The molecule has 1 saturated heterocycles. The van der Waals surface area contributed by atoms with Crippen LogP contribution in [0.2, 0.25) is 0 Å². The van der Waals surface area contributed by atoms with Gasteiger partial charge in [-0.05, 0) is 43.7 Å². The molecule has 3 heterocycles. The lowest BCUT2D eigenvalue weighted by Crippen LogP contribution is -2.49. The molecular weight excluding hydrogens is 462 g/mol. The molecule has 184 valence electrons. The van der Waals surface area contributed by atoms with Crippen molar-refractivity contribution in [3.63, 3.8) is 0 Å². The normalized spacial score (nSPS) is 16.3. The molecular formula is C26H31N5O3S. The molecule has 0 N–H and O–H groups in total. The van der Waals surface area contributed by atoms with Crippen LogP contribution in [-0.2, 0) is 19.3 Å². The molecule has 9 heteroatoms. The van der Waals surface area contributed by atoms with Gasteiger partial charge < -0.3 is 9.80 Å². The molecule has 5 rings (SSSR count). The van der Waals surface area contributed by atoms with Crippen molar-refractivity contribution in [1.82, 2.24) is 14.9 Å². The maximum Gasteiger partial charge on any atom is 0.270 e. The van der Waals surface area contributed by atoms with Crippen LogP contribution in [0.25, 0.3) is 10.2 Å².